The Morgan fingerprint density at radius 1 is 1.56 bits per heavy atom. The Hall–Kier alpha value is -0.950. The van der Waals surface area contributed by atoms with E-state index in [4.69, 9.17) is 5.11 Å². The number of aliphatic hydroxyl groups excluding tert-OH is 2. The summed E-state index contributed by atoms with van der Waals surface area (Å²) in [4.78, 5) is 11.1. The molecule has 0 spiro atoms. The molecule has 0 fully saturated rings. The number of carboxylic acid groups (broad SMARTS) is 1. The summed E-state index contributed by atoms with van der Waals surface area (Å²) in [5.74, 6) is -1.03. The molecule has 5 nitrogen and oxygen atoms in total. The van der Waals surface area contributed by atoms with E-state index in [1.165, 1.54) is 11.4 Å². The van der Waals surface area contributed by atoms with Gasteiger partial charge in [0.1, 0.15) is 6.10 Å². The number of hydrogen-bond acceptors (Lipinski definition) is 5. The molecule has 0 aliphatic carbocycles. The van der Waals surface area contributed by atoms with Crippen molar-refractivity contribution in [2.75, 3.05) is 13.6 Å². The summed E-state index contributed by atoms with van der Waals surface area (Å²) in [5, 5.41) is 32.4. The molecule has 1 heterocycles. The van der Waals surface area contributed by atoms with Gasteiger partial charge in [0, 0.05) is 10.3 Å². The van der Waals surface area contributed by atoms with E-state index in [9.17, 15) is 15.0 Å². The van der Waals surface area contributed by atoms with Crippen LogP contribution in [-0.2, 0) is 0 Å². The zero-order valence-electron chi connectivity index (χ0n) is 8.88. The number of aromatic carboxylic acids is 1. The Labute approximate surface area is 97.4 Å². The first kappa shape index (κ1) is 13.1. The van der Waals surface area contributed by atoms with E-state index in [1.807, 2.05) is 0 Å². The zero-order valence-corrected chi connectivity index (χ0v) is 9.70. The average molecular weight is 245 g/mol. The monoisotopic (exact) mass is 245 g/mol. The minimum Gasteiger partial charge on any atom is -0.478 e. The molecule has 16 heavy (non-hydrogen) atoms. The molecule has 2 atom stereocenters. The largest absolute Gasteiger partial charge is 0.478 e. The highest BCUT2D eigenvalue weighted by molar-refractivity contribution is 7.10. The van der Waals surface area contributed by atoms with Crippen molar-refractivity contribution in [1.29, 1.82) is 0 Å². The van der Waals surface area contributed by atoms with Gasteiger partial charge in [-0.05, 0) is 26.1 Å². The molecular formula is C10H15NO4S. The van der Waals surface area contributed by atoms with Crippen LogP contribution in [0.25, 0.3) is 0 Å². The Bertz CT molecular complexity index is 352. The maximum atomic E-state index is 10.6. The van der Waals surface area contributed by atoms with Crippen LogP contribution < -0.4 is 5.32 Å². The van der Waals surface area contributed by atoms with E-state index in [0.717, 1.165) is 11.3 Å². The number of rotatable bonds is 6. The van der Waals surface area contributed by atoms with Crippen molar-refractivity contribution in [3.8, 4) is 0 Å². The van der Waals surface area contributed by atoms with Crippen LogP contribution in [0.2, 0.25) is 0 Å². The van der Waals surface area contributed by atoms with Crippen LogP contribution in [0, 0.1) is 0 Å². The van der Waals surface area contributed by atoms with Crippen LogP contribution in [0.5, 0.6) is 0 Å². The number of carboxylic acids is 1. The lowest BCUT2D eigenvalue weighted by Crippen LogP contribution is -2.22. The van der Waals surface area contributed by atoms with Crippen LogP contribution >= 0.6 is 11.3 Å². The van der Waals surface area contributed by atoms with E-state index in [-0.39, 0.29) is 5.56 Å². The Kier molecular flexibility index (Phi) is 4.88. The molecular weight excluding hydrogens is 230 g/mol. The molecule has 0 amide bonds. The van der Waals surface area contributed by atoms with Crippen LogP contribution in [0.4, 0.5) is 0 Å². The highest BCUT2D eigenvalue weighted by atomic mass is 32.1. The Balaban J connectivity index is 2.64. The number of carbonyl (C=O) groups is 1. The second-order valence-electron chi connectivity index (χ2n) is 3.45. The van der Waals surface area contributed by atoms with Crippen LogP contribution in [0.1, 0.15) is 27.8 Å². The molecule has 1 aromatic heterocycles. The predicted octanol–water partition coefficient (Wildman–Crippen LogP) is 0.450. The van der Waals surface area contributed by atoms with Gasteiger partial charge in [-0.1, -0.05) is 0 Å². The zero-order chi connectivity index (χ0) is 12.1. The normalized spacial score (nSPS) is 14.7. The average Bonchev–Trinajstić information content (AvgIpc) is 2.74. The van der Waals surface area contributed by atoms with E-state index in [2.05, 4.69) is 5.32 Å². The summed E-state index contributed by atoms with van der Waals surface area (Å²) >= 11 is 1.14. The maximum Gasteiger partial charge on any atom is 0.336 e. The van der Waals surface area contributed by atoms with E-state index >= 15 is 0 Å². The first-order valence-electron chi connectivity index (χ1n) is 4.88. The molecule has 0 bridgehead atoms. The van der Waals surface area contributed by atoms with Crippen molar-refractivity contribution in [2.24, 2.45) is 0 Å². The van der Waals surface area contributed by atoms with Crippen molar-refractivity contribution in [2.45, 2.75) is 18.6 Å². The molecule has 0 aromatic carbocycles. The molecule has 6 heteroatoms. The molecule has 0 saturated heterocycles. The van der Waals surface area contributed by atoms with Gasteiger partial charge >= 0.3 is 5.97 Å². The summed E-state index contributed by atoms with van der Waals surface area (Å²) in [7, 11) is 1.76. The quantitative estimate of drug-likeness (QED) is 0.584. The van der Waals surface area contributed by atoms with Crippen molar-refractivity contribution < 1.29 is 20.1 Å². The van der Waals surface area contributed by atoms with Gasteiger partial charge in [0.25, 0.3) is 0 Å². The smallest absolute Gasteiger partial charge is 0.336 e. The van der Waals surface area contributed by atoms with Crippen molar-refractivity contribution in [1.82, 2.24) is 5.32 Å². The lowest BCUT2D eigenvalue weighted by molar-refractivity contribution is 0.0161. The van der Waals surface area contributed by atoms with E-state index in [0.29, 0.717) is 17.8 Å². The number of nitrogens with one attached hydrogen (secondary N) is 1. The SMILES string of the molecule is CNCCC(O)C(O)c1cc(C(=O)O)cs1. The van der Waals surface area contributed by atoms with Crippen molar-refractivity contribution in [3.63, 3.8) is 0 Å². The van der Waals surface area contributed by atoms with Crippen LogP contribution in [0.15, 0.2) is 11.4 Å². The molecule has 0 saturated carbocycles. The van der Waals surface area contributed by atoms with Gasteiger partial charge in [-0.25, -0.2) is 4.79 Å². The van der Waals surface area contributed by atoms with Gasteiger partial charge in [0.15, 0.2) is 0 Å². The van der Waals surface area contributed by atoms with Crippen molar-refractivity contribution in [3.05, 3.63) is 21.9 Å². The van der Waals surface area contributed by atoms with Gasteiger partial charge in [-0.2, -0.15) is 0 Å². The van der Waals surface area contributed by atoms with Gasteiger partial charge in [-0.3, -0.25) is 0 Å². The first-order valence-corrected chi connectivity index (χ1v) is 5.76. The van der Waals surface area contributed by atoms with Gasteiger partial charge < -0.3 is 20.6 Å². The summed E-state index contributed by atoms with van der Waals surface area (Å²) < 4.78 is 0. The Morgan fingerprint density at radius 2 is 2.25 bits per heavy atom. The minimum absolute atomic E-state index is 0.139. The lowest BCUT2D eigenvalue weighted by atomic mass is 10.1. The highest BCUT2D eigenvalue weighted by Crippen LogP contribution is 2.25. The number of thiophene rings is 1. The first-order chi connectivity index (χ1) is 7.56. The van der Waals surface area contributed by atoms with Crippen molar-refractivity contribution >= 4 is 17.3 Å². The standard InChI is InChI=1S/C10H15NO4S/c1-11-3-2-7(12)9(13)8-4-6(5-16-8)10(14)15/h4-5,7,9,11-13H,2-3H2,1H3,(H,14,15). The summed E-state index contributed by atoms with van der Waals surface area (Å²) in [5.41, 5.74) is 0.139. The minimum atomic E-state index is -1.03. The third-order valence-corrected chi connectivity index (χ3v) is 3.22. The third kappa shape index (κ3) is 3.28. The molecule has 0 aliphatic rings. The molecule has 0 aliphatic heterocycles. The second kappa shape index (κ2) is 5.95. The predicted molar refractivity (Wildman–Crippen MR) is 60.8 cm³/mol. The topological polar surface area (TPSA) is 89.8 Å². The molecule has 90 valence electrons. The summed E-state index contributed by atoms with van der Waals surface area (Å²) in [6.45, 7) is 0.593. The van der Waals surface area contributed by atoms with E-state index < -0.39 is 18.2 Å². The fourth-order valence-electron chi connectivity index (χ4n) is 1.26. The summed E-state index contributed by atoms with van der Waals surface area (Å²) in [6.07, 6.45) is -1.49. The maximum absolute atomic E-state index is 10.6. The van der Waals surface area contributed by atoms with Crippen LogP contribution in [-0.4, -0.2) is 41.0 Å². The van der Waals surface area contributed by atoms with Gasteiger partial charge in [0.05, 0.1) is 11.7 Å². The van der Waals surface area contributed by atoms with Gasteiger partial charge in [-0.15, -0.1) is 11.3 Å². The lowest BCUT2D eigenvalue weighted by Gasteiger charge is -2.15. The highest BCUT2D eigenvalue weighted by Gasteiger charge is 2.20. The van der Waals surface area contributed by atoms with Gasteiger partial charge in [0.2, 0.25) is 0 Å². The molecule has 1 rings (SSSR count). The number of hydrogen-bond donors (Lipinski definition) is 4. The second-order valence-corrected chi connectivity index (χ2v) is 4.39. The fourth-order valence-corrected chi connectivity index (χ4v) is 2.18. The van der Waals surface area contributed by atoms with E-state index in [1.54, 1.807) is 7.05 Å². The Morgan fingerprint density at radius 3 is 2.75 bits per heavy atom. The number of aliphatic hydroxyl groups is 2. The molecule has 4 N–H and O–H groups in total. The third-order valence-electron chi connectivity index (χ3n) is 2.21. The molecule has 1 aromatic rings. The van der Waals surface area contributed by atoms with Crippen LogP contribution in [0.3, 0.4) is 0 Å². The molecule has 2 unspecified atom stereocenters. The fraction of sp³-hybridized carbons (Fsp3) is 0.500. The molecule has 0 radical (unpaired) electrons. The summed E-state index contributed by atoms with van der Waals surface area (Å²) in [6, 6.07) is 1.39.